The van der Waals surface area contributed by atoms with Gasteiger partial charge in [0.2, 0.25) is 0 Å². The highest BCUT2D eigenvalue weighted by Crippen LogP contribution is 1.98. The Morgan fingerprint density at radius 2 is 1.38 bits per heavy atom. The van der Waals surface area contributed by atoms with Crippen LogP contribution in [0.15, 0.2) is 11.6 Å². The van der Waals surface area contributed by atoms with Crippen molar-refractivity contribution >= 4 is 11.9 Å². The van der Waals surface area contributed by atoms with E-state index in [1.165, 1.54) is 6.92 Å². The van der Waals surface area contributed by atoms with E-state index < -0.39 is 11.9 Å². The van der Waals surface area contributed by atoms with Crippen molar-refractivity contribution in [1.29, 1.82) is 0 Å². The molecule has 0 aromatic heterocycles. The van der Waals surface area contributed by atoms with E-state index in [0.29, 0.717) is 0 Å². The van der Waals surface area contributed by atoms with Gasteiger partial charge in [-0.2, -0.15) is 0 Å². The fourth-order valence-electron chi connectivity index (χ4n) is 1.12. The van der Waals surface area contributed by atoms with Crippen LogP contribution in [0.3, 0.4) is 0 Å². The zero-order valence-electron chi connectivity index (χ0n) is 12.1. The summed E-state index contributed by atoms with van der Waals surface area (Å²) in [6, 6.07) is 0. The first-order valence-electron chi connectivity index (χ1n) is 6.51. The van der Waals surface area contributed by atoms with E-state index in [4.69, 9.17) is 29.2 Å². The number of ether oxygens (including phenoxy) is 4. The van der Waals surface area contributed by atoms with Crippen molar-refractivity contribution in [3.8, 4) is 0 Å². The molecule has 8 nitrogen and oxygen atoms in total. The van der Waals surface area contributed by atoms with Crippen molar-refractivity contribution in [2.75, 3.05) is 52.9 Å². The molecule has 0 radical (unpaired) electrons. The van der Waals surface area contributed by atoms with Gasteiger partial charge in [-0.25, -0.2) is 9.59 Å². The Labute approximate surface area is 123 Å². The summed E-state index contributed by atoms with van der Waals surface area (Å²) in [5.41, 5.74) is 0.110. The topological polar surface area (TPSA) is 112 Å². The first kappa shape index (κ1) is 19.5. The minimum Gasteiger partial charge on any atom is -0.460 e. The molecule has 8 heteroatoms. The lowest BCUT2D eigenvalue weighted by Gasteiger charge is -2.06. The molecule has 0 aliphatic carbocycles. The third-order valence-electron chi connectivity index (χ3n) is 2.06. The van der Waals surface area contributed by atoms with E-state index >= 15 is 0 Å². The molecule has 0 aromatic carbocycles. The Hall–Kier alpha value is -1.48. The summed E-state index contributed by atoms with van der Waals surface area (Å²) in [7, 11) is 0. The summed E-state index contributed by atoms with van der Waals surface area (Å²) in [4.78, 5) is 22.8. The Kier molecular flexibility index (Phi) is 12.5. The second-order valence-corrected chi connectivity index (χ2v) is 3.80. The van der Waals surface area contributed by atoms with Gasteiger partial charge in [0, 0.05) is 11.6 Å². The van der Waals surface area contributed by atoms with E-state index in [-0.39, 0.29) is 58.4 Å². The van der Waals surface area contributed by atoms with Gasteiger partial charge >= 0.3 is 11.9 Å². The van der Waals surface area contributed by atoms with E-state index in [1.54, 1.807) is 0 Å². The maximum atomic E-state index is 11.5. The molecular weight excluding hydrogens is 284 g/mol. The van der Waals surface area contributed by atoms with E-state index in [1.807, 2.05) is 0 Å². The van der Waals surface area contributed by atoms with Crippen LogP contribution in [-0.2, 0) is 28.5 Å². The molecule has 0 spiro atoms. The Morgan fingerprint density at radius 3 is 1.90 bits per heavy atom. The summed E-state index contributed by atoms with van der Waals surface area (Å²) in [6.07, 6.45) is 1.03. The van der Waals surface area contributed by atoms with Crippen molar-refractivity contribution in [3.63, 3.8) is 0 Å². The van der Waals surface area contributed by atoms with Crippen molar-refractivity contribution in [2.24, 2.45) is 0 Å². The lowest BCUT2D eigenvalue weighted by Crippen LogP contribution is -2.14. The molecule has 0 aliphatic rings. The second kappa shape index (κ2) is 13.5. The first-order valence-corrected chi connectivity index (χ1v) is 6.51. The SMILES string of the molecule is C/C(=C\C(=O)OCCOCCO)C(=O)OCCOCCO. The molecule has 0 aromatic rings. The lowest BCUT2D eigenvalue weighted by atomic mass is 10.3. The van der Waals surface area contributed by atoms with Crippen LogP contribution in [0.1, 0.15) is 6.92 Å². The van der Waals surface area contributed by atoms with Crippen LogP contribution in [0.5, 0.6) is 0 Å². The Balaban J connectivity index is 3.81. The van der Waals surface area contributed by atoms with Gasteiger partial charge in [-0.05, 0) is 6.92 Å². The van der Waals surface area contributed by atoms with Crippen LogP contribution in [0.25, 0.3) is 0 Å². The van der Waals surface area contributed by atoms with Crippen LogP contribution in [-0.4, -0.2) is 75.0 Å². The zero-order valence-corrected chi connectivity index (χ0v) is 12.1. The standard InChI is InChI=1S/C13H22O8/c1-11(13(17)21-9-7-19-5-3-15)10-12(16)20-8-6-18-4-2-14/h10,14-15H,2-9H2,1H3/b11-10+. The second-order valence-electron chi connectivity index (χ2n) is 3.80. The zero-order chi connectivity index (χ0) is 15.9. The van der Waals surface area contributed by atoms with Crippen molar-refractivity contribution < 1.29 is 38.7 Å². The van der Waals surface area contributed by atoms with Gasteiger partial charge in [0.05, 0.1) is 39.6 Å². The van der Waals surface area contributed by atoms with Crippen LogP contribution < -0.4 is 0 Å². The summed E-state index contributed by atoms with van der Waals surface area (Å²) < 4.78 is 19.4. The molecule has 0 bridgehead atoms. The maximum absolute atomic E-state index is 11.5. The summed E-state index contributed by atoms with van der Waals surface area (Å²) >= 11 is 0. The lowest BCUT2D eigenvalue weighted by molar-refractivity contribution is -0.143. The minimum atomic E-state index is -0.673. The van der Waals surface area contributed by atoms with Crippen LogP contribution in [0, 0.1) is 0 Å². The van der Waals surface area contributed by atoms with Gasteiger partial charge in [0.15, 0.2) is 0 Å². The number of aliphatic hydroxyl groups excluding tert-OH is 2. The van der Waals surface area contributed by atoms with Crippen molar-refractivity contribution in [2.45, 2.75) is 6.92 Å². The molecule has 0 heterocycles. The largest absolute Gasteiger partial charge is 0.460 e. The number of esters is 2. The minimum absolute atomic E-state index is 0.0344. The molecule has 21 heavy (non-hydrogen) atoms. The van der Waals surface area contributed by atoms with Crippen LogP contribution >= 0.6 is 0 Å². The van der Waals surface area contributed by atoms with Gasteiger partial charge in [0.25, 0.3) is 0 Å². The summed E-state index contributed by atoms with van der Waals surface area (Å²) in [6.45, 7) is 2.01. The first-order chi connectivity index (χ1) is 10.1. The molecule has 0 rings (SSSR count). The molecule has 0 amide bonds. The third kappa shape index (κ3) is 12.0. The predicted molar refractivity (Wildman–Crippen MR) is 71.5 cm³/mol. The Morgan fingerprint density at radius 1 is 0.857 bits per heavy atom. The smallest absolute Gasteiger partial charge is 0.334 e. The highest BCUT2D eigenvalue weighted by atomic mass is 16.6. The van der Waals surface area contributed by atoms with E-state index in [0.717, 1.165) is 6.08 Å². The average molecular weight is 306 g/mol. The number of hydrogen-bond donors (Lipinski definition) is 2. The van der Waals surface area contributed by atoms with E-state index in [9.17, 15) is 9.59 Å². The molecule has 2 N–H and O–H groups in total. The fourth-order valence-corrected chi connectivity index (χ4v) is 1.12. The molecule has 0 atom stereocenters. The fraction of sp³-hybridized carbons (Fsp3) is 0.692. The number of rotatable bonds is 12. The molecule has 0 aliphatic heterocycles. The van der Waals surface area contributed by atoms with Gasteiger partial charge in [0.1, 0.15) is 13.2 Å². The van der Waals surface area contributed by atoms with Gasteiger partial charge in [-0.3, -0.25) is 0 Å². The molecule has 0 saturated carbocycles. The van der Waals surface area contributed by atoms with Crippen LogP contribution in [0.2, 0.25) is 0 Å². The normalized spacial score (nSPS) is 11.3. The van der Waals surface area contributed by atoms with Crippen LogP contribution in [0.4, 0.5) is 0 Å². The van der Waals surface area contributed by atoms with E-state index in [2.05, 4.69) is 0 Å². The quantitative estimate of drug-likeness (QED) is 0.269. The maximum Gasteiger partial charge on any atom is 0.334 e. The highest BCUT2D eigenvalue weighted by molar-refractivity contribution is 5.95. The molecule has 0 fully saturated rings. The number of hydrogen-bond acceptors (Lipinski definition) is 8. The molecular formula is C13H22O8. The summed E-state index contributed by atoms with van der Waals surface area (Å²) in [5.74, 6) is -1.32. The molecule has 0 saturated heterocycles. The number of aliphatic hydroxyl groups is 2. The van der Waals surface area contributed by atoms with Crippen molar-refractivity contribution in [1.82, 2.24) is 0 Å². The van der Waals surface area contributed by atoms with Gasteiger partial charge < -0.3 is 29.2 Å². The molecule has 122 valence electrons. The predicted octanol–water partition coefficient (Wildman–Crippen LogP) is -0.963. The van der Waals surface area contributed by atoms with Crippen molar-refractivity contribution in [3.05, 3.63) is 11.6 Å². The number of carbonyl (C=O) groups is 2. The number of carbonyl (C=O) groups excluding carboxylic acids is 2. The molecule has 0 unspecified atom stereocenters. The summed E-state index contributed by atoms with van der Waals surface area (Å²) in [5, 5.41) is 16.9. The third-order valence-corrected chi connectivity index (χ3v) is 2.06. The highest BCUT2D eigenvalue weighted by Gasteiger charge is 2.08. The van der Waals surface area contributed by atoms with Gasteiger partial charge in [-0.15, -0.1) is 0 Å². The van der Waals surface area contributed by atoms with Gasteiger partial charge in [-0.1, -0.05) is 0 Å². The monoisotopic (exact) mass is 306 g/mol. The Bertz CT molecular complexity index is 326. The average Bonchev–Trinajstić information content (AvgIpc) is 2.46.